The molecule has 1 aromatic rings. The van der Waals surface area contributed by atoms with Gasteiger partial charge in [0.05, 0.1) is 17.3 Å². The van der Waals surface area contributed by atoms with E-state index < -0.39 is 0 Å². The molecule has 2 N–H and O–H groups in total. The number of benzene rings is 1. The molecule has 2 aliphatic rings. The lowest BCUT2D eigenvalue weighted by molar-refractivity contribution is -0.117. The van der Waals surface area contributed by atoms with E-state index >= 15 is 0 Å². The third-order valence-electron chi connectivity index (χ3n) is 4.49. The van der Waals surface area contributed by atoms with E-state index in [0.29, 0.717) is 23.3 Å². The topological polar surface area (TPSA) is 44.4 Å². The predicted molar refractivity (Wildman–Crippen MR) is 97.5 cm³/mol. The van der Waals surface area contributed by atoms with Crippen LogP contribution in [-0.4, -0.2) is 43.0 Å². The van der Waals surface area contributed by atoms with Crippen molar-refractivity contribution in [3.8, 4) is 0 Å². The lowest BCUT2D eigenvalue weighted by Crippen LogP contribution is -2.45. The van der Waals surface area contributed by atoms with Gasteiger partial charge < -0.3 is 10.6 Å². The first-order valence-corrected chi connectivity index (χ1v) is 8.58. The fourth-order valence-electron chi connectivity index (χ4n) is 2.91. The van der Waals surface area contributed by atoms with E-state index in [-0.39, 0.29) is 18.3 Å². The third-order valence-corrected chi connectivity index (χ3v) is 4.82. The van der Waals surface area contributed by atoms with E-state index in [1.165, 1.54) is 19.4 Å². The summed E-state index contributed by atoms with van der Waals surface area (Å²) in [6, 6.07) is 7.97. The van der Waals surface area contributed by atoms with Crippen LogP contribution >= 0.6 is 24.0 Å². The predicted octanol–water partition coefficient (Wildman–Crippen LogP) is 3.16. The Hall–Kier alpha value is -0.810. The number of halogens is 2. The van der Waals surface area contributed by atoms with Gasteiger partial charge in [-0.3, -0.25) is 9.69 Å². The van der Waals surface area contributed by atoms with Gasteiger partial charge in [0, 0.05) is 19.1 Å². The minimum atomic E-state index is 0. The molecule has 0 atom stereocenters. The van der Waals surface area contributed by atoms with Crippen molar-refractivity contribution in [2.75, 3.05) is 31.5 Å². The van der Waals surface area contributed by atoms with Crippen molar-refractivity contribution in [3.05, 3.63) is 29.3 Å². The zero-order chi connectivity index (χ0) is 15.4. The summed E-state index contributed by atoms with van der Waals surface area (Å²) in [5, 5.41) is 7.13. The molecule has 1 aromatic carbocycles. The molecule has 1 aliphatic carbocycles. The molecule has 1 amide bonds. The van der Waals surface area contributed by atoms with Gasteiger partial charge in [0.25, 0.3) is 0 Å². The van der Waals surface area contributed by atoms with Crippen LogP contribution < -0.4 is 10.6 Å². The van der Waals surface area contributed by atoms with E-state index in [9.17, 15) is 4.79 Å². The summed E-state index contributed by atoms with van der Waals surface area (Å²) in [5.74, 6) is 0.942. The van der Waals surface area contributed by atoms with Crippen molar-refractivity contribution in [1.29, 1.82) is 0 Å². The molecular weight excluding hydrogens is 333 g/mol. The molecule has 0 aromatic heterocycles. The molecule has 4 nitrogen and oxygen atoms in total. The van der Waals surface area contributed by atoms with E-state index in [4.69, 9.17) is 11.6 Å². The molecule has 23 heavy (non-hydrogen) atoms. The average molecular weight is 358 g/mol. The van der Waals surface area contributed by atoms with Crippen molar-refractivity contribution in [3.63, 3.8) is 0 Å². The van der Waals surface area contributed by atoms with Crippen LogP contribution in [0.1, 0.15) is 25.7 Å². The second kappa shape index (κ2) is 8.88. The van der Waals surface area contributed by atoms with Gasteiger partial charge >= 0.3 is 0 Å². The second-order valence-corrected chi connectivity index (χ2v) is 6.84. The lowest BCUT2D eigenvalue weighted by Gasteiger charge is -2.32. The molecular formula is C17H25Cl2N3O. The summed E-state index contributed by atoms with van der Waals surface area (Å²) < 4.78 is 0. The summed E-state index contributed by atoms with van der Waals surface area (Å²) in [7, 11) is 0. The van der Waals surface area contributed by atoms with Gasteiger partial charge in [0.2, 0.25) is 5.91 Å². The highest BCUT2D eigenvalue weighted by Crippen LogP contribution is 2.28. The number of amides is 1. The van der Waals surface area contributed by atoms with Gasteiger partial charge in [-0.15, -0.1) is 12.4 Å². The number of hydrogen-bond acceptors (Lipinski definition) is 3. The molecule has 1 aliphatic heterocycles. The summed E-state index contributed by atoms with van der Waals surface area (Å²) >= 11 is 6.06. The van der Waals surface area contributed by atoms with Crippen molar-refractivity contribution in [1.82, 2.24) is 10.2 Å². The number of hydrogen-bond donors (Lipinski definition) is 2. The van der Waals surface area contributed by atoms with Crippen molar-refractivity contribution < 1.29 is 4.79 Å². The Morgan fingerprint density at radius 1 is 1.17 bits per heavy atom. The second-order valence-electron chi connectivity index (χ2n) is 6.43. The van der Waals surface area contributed by atoms with Crippen LogP contribution in [0.2, 0.25) is 5.02 Å². The van der Waals surface area contributed by atoms with Gasteiger partial charge in [0.15, 0.2) is 0 Å². The molecule has 6 heteroatoms. The highest BCUT2D eigenvalue weighted by molar-refractivity contribution is 6.33. The fourth-order valence-corrected chi connectivity index (χ4v) is 3.09. The Labute approximate surface area is 149 Å². The summed E-state index contributed by atoms with van der Waals surface area (Å²) in [6.45, 7) is 3.59. The van der Waals surface area contributed by atoms with E-state index in [1.54, 1.807) is 6.07 Å². The van der Waals surface area contributed by atoms with Gasteiger partial charge in [-0.25, -0.2) is 0 Å². The van der Waals surface area contributed by atoms with Gasteiger partial charge in [0.1, 0.15) is 0 Å². The van der Waals surface area contributed by atoms with Crippen molar-refractivity contribution in [2.45, 2.75) is 31.7 Å². The molecule has 128 valence electrons. The van der Waals surface area contributed by atoms with E-state index in [1.807, 2.05) is 18.2 Å². The minimum Gasteiger partial charge on any atom is -0.324 e. The summed E-state index contributed by atoms with van der Waals surface area (Å²) in [6.07, 6.45) is 5.06. The zero-order valence-corrected chi connectivity index (χ0v) is 14.8. The van der Waals surface area contributed by atoms with Gasteiger partial charge in [-0.1, -0.05) is 23.7 Å². The van der Waals surface area contributed by atoms with Crippen LogP contribution in [0.15, 0.2) is 24.3 Å². The number of rotatable bonds is 6. The molecule has 1 saturated heterocycles. The Kier molecular flexibility index (Phi) is 7.15. The molecule has 3 rings (SSSR count). The molecule has 1 heterocycles. The van der Waals surface area contributed by atoms with Crippen LogP contribution in [0, 0.1) is 5.92 Å². The molecule has 0 unspecified atom stereocenters. The Balaban J connectivity index is 0.00000192. The highest BCUT2D eigenvalue weighted by atomic mass is 35.5. The van der Waals surface area contributed by atoms with E-state index in [2.05, 4.69) is 15.5 Å². The normalized spacial score (nSPS) is 19.2. The van der Waals surface area contributed by atoms with Crippen LogP contribution in [-0.2, 0) is 4.79 Å². The van der Waals surface area contributed by atoms with Gasteiger partial charge in [-0.2, -0.15) is 0 Å². The number of carbonyl (C=O) groups excluding carboxylic acids is 1. The number of anilines is 1. The molecule has 0 spiro atoms. The molecule has 1 saturated carbocycles. The number of likely N-dealkylation sites (tertiary alicyclic amines) is 1. The Morgan fingerprint density at radius 2 is 1.87 bits per heavy atom. The summed E-state index contributed by atoms with van der Waals surface area (Å²) in [4.78, 5) is 14.3. The molecule has 0 radical (unpaired) electrons. The summed E-state index contributed by atoms with van der Waals surface area (Å²) in [5.41, 5.74) is 0.690. The smallest absolute Gasteiger partial charge is 0.238 e. The monoisotopic (exact) mass is 357 g/mol. The number of piperidine rings is 1. The molecule has 2 fully saturated rings. The van der Waals surface area contributed by atoms with Crippen LogP contribution in [0.25, 0.3) is 0 Å². The highest BCUT2D eigenvalue weighted by Gasteiger charge is 2.25. The number of carbonyl (C=O) groups is 1. The third kappa shape index (κ3) is 5.96. The molecule has 0 bridgehead atoms. The Bertz CT molecular complexity index is 514. The Morgan fingerprint density at radius 3 is 2.52 bits per heavy atom. The SMILES string of the molecule is Cl.O=C(CN1CCC(NCC2CC2)CC1)Nc1ccccc1Cl. The lowest BCUT2D eigenvalue weighted by atomic mass is 10.0. The first-order valence-electron chi connectivity index (χ1n) is 8.21. The fraction of sp³-hybridized carbons (Fsp3) is 0.588. The van der Waals surface area contributed by atoms with Crippen LogP contribution in [0.3, 0.4) is 0 Å². The van der Waals surface area contributed by atoms with E-state index in [0.717, 1.165) is 31.8 Å². The maximum atomic E-state index is 12.1. The number of nitrogens with zero attached hydrogens (tertiary/aromatic N) is 1. The largest absolute Gasteiger partial charge is 0.324 e. The minimum absolute atomic E-state index is 0. The quantitative estimate of drug-likeness (QED) is 0.821. The maximum Gasteiger partial charge on any atom is 0.238 e. The van der Waals surface area contributed by atoms with Crippen LogP contribution in [0.4, 0.5) is 5.69 Å². The number of para-hydroxylation sites is 1. The zero-order valence-electron chi connectivity index (χ0n) is 13.3. The number of nitrogens with one attached hydrogen (secondary N) is 2. The first kappa shape index (κ1) is 18.5. The maximum absolute atomic E-state index is 12.1. The standard InChI is InChI=1S/C17H24ClN3O.ClH/c18-15-3-1-2-4-16(15)20-17(22)12-21-9-7-14(8-10-21)19-11-13-5-6-13;/h1-4,13-14,19H,5-12H2,(H,20,22);1H. The van der Waals surface area contributed by atoms with Crippen LogP contribution in [0.5, 0.6) is 0 Å². The van der Waals surface area contributed by atoms with Crippen molar-refractivity contribution in [2.24, 2.45) is 5.92 Å². The first-order chi connectivity index (χ1) is 10.7. The van der Waals surface area contributed by atoms with Gasteiger partial charge in [-0.05, 0) is 50.3 Å². The van der Waals surface area contributed by atoms with Crippen molar-refractivity contribution >= 4 is 35.6 Å². The average Bonchev–Trinajstić information content (AvgIpc) is 3.33.